The number of esters is 1. The Hall–Kier alpha value is -4.33. The number of aromatic nitrogens is 3. The van der Waals surface area contributed by atoms with Gasteiger partial charge in [-0.05, 0) is 48.9 Å². The van der Waals surface area contributed by atoms with Gasteiger partial charge in [-0.25, -0.2) is 0 Å². The molecule has 0 aliphatic rings. The Balaban J connectivity index is 1.57. The Bertz CT molecular complexity index is 1320. The minimum atomic E-state index is -0.451. The third kappa shape index (κ3) is 4.79. The third-order valence-electron chi connectivity index (χ3n) is 5.26. The number of nitrogens with one attached hydrogen (secondary N) is 2. The van der Waals surface area contributed by atoms with Crippen LogP contribution in [0.5, 0.6) is 11.5 Å². The first kappa shape index (κ1) is 21.9. The van der Waals surface area contributed by atoms with Crippen LogP contribution in [-0.2, 0) is 9.59 Å². The van der Waals surface area contributed by atoms with E-state index in [1.54, 1.807) is 30.5 Å². The highest BCUT2D eigenvalue weighted by Gasteiger charge is 2.15. The van der Waals surface area contributed by atoms with Crippen molar-refractivity contribution in [2.45, 2.75) is 19.9 Å². The molecule has 33 heavy (non-hydrogen) atoms. The quantitative estimate of drug-likeness (QED) is 0.247. The summed E-state index contributed by atoms with van der Waals surface area (Å²) in [5, 5.41) is 11.0. The minimum absolute atomic E-state index is 0.0117. The van der Waals surface area contributed by atoms with Gasteiger partial charge in [0.15, 0.2) is 11.5 Å². The average molecular weight is 444 g/mol. The van der Waals surface area contributed by atoms with Crippen LogP contribution in [0.4, 0.5) is 5.69 Å². The van der Waals surface area contributed by atoms with E-state index in [-0.39, 0.29) is 11.9 Å². The summed E-state index contributed by atoms with van der Waals surface area (Å²) in [7, 11) is 1.49. The van der Waals surface area contributed by atoms with E-state index in [0.29, 0.717) is 22.7 Å². The number of methoxy groups -OCH3 is 1. The zero-order chi connectivity index (χ0) is 23.4. The van der Waals surface area contributed by atoms with Crippen molar-refractivity contribution in [3.8, 4) is 11.5 Å². The van der Waals surface area contributed by atoms with Gasteiger partial charge in [-0.3, -0.25) is 14.7 Å². The first-order valence-electron chi connectivity index (χ1n) is 10.4. The Morgan fingerprint density at radius 2 is 2.00 bits per heavy atom. The number of amides is 1. The number of anilines is 1. The van der Waals surface area contributed by atoms with Crippen molar-refractivity contribution in [1.82, 2.24) is 14.8 Å². The second kappa shape index (κ2) is 9.44. The molecule has 1 amide bonds. The highest BCUT2D eigenvalue weighted by atomic mass is 16.6. The second-order valence-corrected chi connectivity index (χ2v) is 7.48. The zero-order valence-corrected chi connectivity index (χ0v) is 18.5. The molecule has 8 nitrogen and oxygen atoms in total. The summed E-state index contributed by atoms with van der Waals surface area (Å²) in [6.45, 7) is 3.38. The summed E-state index contributed by atoms with van der Waals surface area (Å²) in [5.74, 6) is -0.00417. The van der Waals surface area contributed by atoms with Crippen molar-refractivity contribution in [1.29, 1.82) is 0 Å². The number of H-pyrrole nitrogens is 1. The van der Waals surface area contributed by atoms with Crippen molar-refractivity contribution in [3.05, 3.63) is 78.3 Å². The highest BCUT2D eigenvalue weighted by molar-refractivity contribution is 6.07. The molecule has 4 aromatic rings. The Morgan fingerprint density at radius 3 is 2.73 bits per heavy atom. The largest absolute Gasteiger partial charge is 0.493 e. The molecular formula is C25H24N4O4. The Labute approximate surface area is 190 Å². The Kier molecular flexibility index (Phi) is 6.26. The molecule has 1 unspecified atom stereocenters. The van der Waals surface area contributed by atoms with E-state index in [2.05, 4.69) is 27.0 Å². The molecule has 0 radical (unpaired) electrons. The maximum atomic E-state index is 12.7. The summed E-state index contributed by atoms with van der Waals surface area (Å²) >= 11 is 0. The molecule has 2 aromatic heterocycles. The topological polar surface area (TPSA) is 98.2 Å². The van der Waals surface area contributed by atoms with Crippen molar-refractivity contribution < 1.29 is 19.1 Å². The molecule has 0 aliphatic heterocycles. The van der Waals surface area contributed by atoms with Gasteiger partial charge in [0, 0.05) is 30.8 Å². The number of hydrogen-bond donors (Lipinski definition) is 2. The first-order valence-corrected chi connectivity index (χ1v) is 10.4. The normalized spacial score (nSPS) is 12.1. The van der Waals surface area contributed by atoms with Gasteiger partial charge in [0.25, 0.3) is 0 Å². The molecule has 0 fully saturated rings. The number of fused-ring (bicyclic) bond motifs is 1. The lowest BCUT2D eigenvalue weighted by Crippen LogP contribution is -2.11. The fourth-order valence-electron chi connectivity index (χ4n) is 3.67. The Morgan fingerprint density at radius 1 is 1.15 bits per heavy atom. The summed E-state index contributed by atoms with van der Waals surface area (Å²) in [6, 6.07) is 14.8. The van der Waals surface area contributed by atoms with E-state index >= 15 is 0 Å². The van der Waals surface area contributed by atoms with Crippen molar-refractivity contribution in [2.75, 3.05) is 12.4 Å². The fourth-order valence-corrected chi connectivity index (χ4v) is 3.67. The van der Waals surface area contributed by atoms with Gasteiger partial charge in [0.05, 0.1) is 30.0 Å². The van der Waals surface area contributed by atoms with Gasteiger partial charge in [-0.15, -0.1) is 0 Å². The lowest BCUT2D eigenvalue weighted by atomic mass is 10.1. The highest BCUT2D eigenvalue weighted by Crippen LogP contribution is 2.30. The van der Waals surface area contributed by atoms with Gasteiger partial charge < -0.3 is 19.4 Å². The smallest absolute Gasteiger partial charge is 0.308 e. The van der Waals surface area contributed by atoms with E-state index in [1.807, 2.05) is 36.5 Å². The van der Waals surface area contributed by atoms with Crippen LogP contribution in [0.1, 0.15) is 31.1 Å². The molecule has 0 aliphatic carbocycles. The van der Waals surface area contributed by atoms with Crippen LogP contribution in [0.3, 0.4) is 0 Å². The first-order chi connectivity index (χ1) is 16.0. The molecule has 2 N–H and O–H groups in total. The van der Waals surface area contributed by atoms with Crippen LogP contribution < -0.4 is 14.8 Å². The predicted octanol–water partition coefficient (Wildman–Crippen LogP) is 4.56. The van der Waals surface area contributed by atoms with Crippen molar-refractivity contribution in [2.24, 2.45) is 0 Å². The zero-order valence-electron chi connectivity index (χ0n) is 18.5. The van der Waals surface area contributed by atoms with Gasteiger partial charge in [0.1, 0.15) is 0 Å². The number of nitrogens with zero attached hydrogens (tertiary/aromatic N) is 2. The molecule has 8 heteroatoms. The van der Waals surface area contributed by atoms with Crippen molar-refractivity contribution >= 4 is 34.5 Å². The van der Waals surface area contributed by atoms with E-state index in [4.69, 9.17) is 9.47 Å². The lowest BCUT2D eigenvalue weighted by Gasteiger charge is -2.16. The molecule has 0 saturated heterocycles. The van der Waals surface area contributed by atoms with Crippen LogP contribution in [0.2, 0.25) is 0 Å². The van der Waals surface area contributed by atoms with Gasteiger partial charge in [-0.2, -0.15) is 5.10 Å². The van der Waals surface area contributed by atoms with Crippen LogP contribution in [0.25, 0.3) is 17.0 Å². The summed E-state index contributed by atoms with van der Waals surface area (Å²) in [6.07, 6.45) is 6.80. The third-order valence-corrected chi connectivity index (χ3v) is 5.26. The molecule has 4 rings (SSSR count). The fraction of sp³-hybridized carbons (Fsp3) is 0.160. The number of carbonyl (C=O) groups is 2. The molecule has 0 saturated carbocycles. The van der Waals surface area contributed by atoms with Crippen LogP contribution >= 0.6 is 0 Å². The molecular weight excluding hydrogens is 420 g/mol. The van der Waals surface area contributed by atoms with Crippen LogP contribution in [0, 0.1) is 0 Å². The molecule has 2 heterocycles. The van der Waals surface area contributed by atoms with Gasteiger partial charge >= 0.3 is 5.97 Å². The number of hydrogen-bond acceptors (Lipinski definition) is 5. The molecule has 1 atom stereocenters. The van der Waals surface area contributed by atoms with Crippen LogP contribution in [0.15, 0.2) is 67.0 Å². The number of rotatable bonds is 7. The second-order valence-electron chi connectivity index (χ2n) is 7.48. The molecule has 2 aromatic carbocycles. The van der Waals surface area contributed by atoms with E-state index in [0.717, 1.165) is 16.6 Å². The summed E-state index contributed by atoms with van der Waals surface area (Å²) in [5.41, 5.74) is 3.28. The predicted molar refractivity (Wildman–Crippen MR) is 126 cm³/mol. The van der Waals surface area contributed by atoms with Gasteiger partial charge in [0.2, 0.25) is 5.91 Å². The summed E-state index contributed by atoms with van der Waals surface area (Å²) in [4.78, 5) is 24.0. The van der Waals surface area contributed by atoms with E-state index in [9.17, 15) is 9.59 Å². The minimum Gasteiger partial charge on any atom is -0.493 e. The average Bonchev–Trinajstić information content (AvgIpc) is 3.48. The number of para-hydroxylation sites is 1. The van der Waals surface area contributed by atoms with Crippen molar-refractivity contribution in [3.63, 3.8) is 0 Å². The molecule has 0 spiro atoms. The number of aromatic amines is 1. The lowest BCUT2D eigenvalue weighted by molar-refractivity contribution is -0.132. The van der Waals surface area contributed by atoms with E-state index in [1.165, 1.54) is 20.1 Å². The SMILES string of the molecule is COc1ccc(/C=C/C(=O)Nc2cccc3ccn(C(C)c4ccn[nH]4)c23)cc1OC(C)=O. The standard InChI is InChI=1S/C25H24N4O4/c1-16(20-11-13-26-28-20)29-14-12-19-5-4-6-21(25(19)29)27-24(31)10-8-18-7-9-22(32-3)23(15-18)33-17(2)30/h4-16H,1-3H3,(H,26,28)(H,27,31)/b10-8+. The molecule has 168 valence electrons. The maximum Gasteiger partial charge on any atom is 0.308 e. The number of carbonyl (C=O) groups excluding carboxylic acids is 2. The molecule has 0 bridgehead atoms. The van der Waals surface area contributed by atoms with Gasteiger partial charge in [-0.1, -0.05) is 18.2 Å². The monoisotopic (exact) mass is 444 g/mol. The maximum absolute atomic E-state index is 12.7. The number of ether oxygens (including phenoxy) is 2. The number of benzene rings is 2. The van der Waals surface area contributed by atoms with E-state index < -0.39 is 5.97 Å². The summed E-state index contributed by atoms with van der Waals surface area (Å²) < 4.78 is 12.5. The van der Waals surface area contributed by atoms with Crippen LogP contribution in [-0.4, -0.2) is 33.8 Å².